The standard InChI is InChI=1S/C20H25N5O6/c1-21-11-17-18(26)25(13-23(17)12-21)14-2-4-16(5-3-14)31-9-6-15-10-22(19(27)28)7-8-24(15)20(29)30/h2-5,11,15H,6-10,12-13H2,1H3,(H,27,28)(H,29,30)/t15-/m1/s1. The van der Waals surface area contributed by atoms with E-state index in [4.69, 9.17) is 4.74 Å². The van der Waals surface area contributed by atoms with Gasteiger partial charge in [0.1, 0.15) is 18.1 Å². The second-order valence-corrected chi connectivity index (χ2v) is 7.82. The summed E-state index contributed by atoms with van der Waals surface area (Å²) >= 11 is 0. The quantitative estimate of drug-likeness (QED) is 0.713. The van der Waals surface area contributed by atoms with Crippen molar-refractivity contribution in [3.63, 3.8) is 0 Å². The zero-order chi connectivity index (χ0) is 22.1. The summed E-state index contributed by atoms with van der Waals surface area (Å²) in [7, 11) is 1.93. The van der Waals surface area contributed by atoms with Crippen LogP contribution in [-0.4, -0.2) is 101 Å². The normalized spacial score (nSPS) is 20.8. The molecule has 0 aromatic heterocycles. The monoisotopic (exact) mass is 431 g/mol. The van der Waals surface area contributed by atoms with Gasteiger partial charge in [-0.15, -0.1) is 0 Å². The van der Waals surface area contributed by atoms with E-state index < -0.39 is 18.2 Å². The molecule has 2 fully saturated rings. The second kappa shape index (κ2) is 8.25. The molecule has 11 nitrogen and oxygen atoms in total. The van der Waals surface area contributed by atoms with Gasteiger partial charge in [-0.05, 0) is 24.3 Å². The molecule has 31 heavy (non-hydrogen) atoms. The Morgan fingerprint density at radius 1 is 1.10 bits per heavy atom. The van der Waals surface area contributed by atoms with Gasteiger partial charge in [-0.25, -0.2) is 9.59 Å². The minimum absolute atomic E-state index is 0.0351. The largest absolute Gasteiger partial charge is 0.494 e. The molecule has 0 aliphatic carbocycles. The maximum Gasteiger partial charge on any atom is 0.407 e. The summed E-state index contributed by atoms with van der Waals surface area (Å²) in [6, 6.07) is 6.72. The Morgan fingerprint density at radius 3 is 2.48 bits per heavy atom. The van der Waals surface area contributed by atoms with Crippen LogP contribution < -0.4 is 9.64 Å². The molecule has 0 unspecified atom stereocenters. The summed E-state index contributed by atoms with van der Waals surface area (Å²) in [5, 5.41) is 18.5. The van der Waals surface area contributed by atoms with Crippen molar-refractivity contribution in [2.24, 2.45) is 0 Å². The first-order chi connectivity index (χ1) is 14.8. The van der Waals surface area contributed by atoms with Gasteiger partial charge in [-0.1, -0.05) is 0 Å². The number of carbonyl (C=O) groups excluding carboxylic acids is 1. The van der Waals surface area contributed by atoms with E-state index in [1.807, 2.05) is 35.2 Å². The number of piperazine rings is 1. The number of hydrogen-bond acceptors (Lipinski definition) is 6. The number of carboxylic acid groups (broad SMARTS) is 2. The molecule has 11 heteroatoms. The van der Waals surface area contributed by atoms with Crippen LogP contribution in [0.1, 0.15) is 6.42 Å². The number of amides is 3. The summed E-state index contributed by atoms with van der Waals surface area (Å²) in [4.78, 5) is 43.4. The summed E-state index contributed by atoms with van der Waals surface area (Å²) in [6.07, 6.45) is 0.109. The fraction of sp³-hybridized carbons (Fsp3) is 0.450. The number of carbonyl (C=O) groups is 3. The van der Waals surface area contributed by atoms with Crippen LogP contribution >= 0.6 is 0 Å². The average Bonchev–Trinajstić information content (AvgIpc) is 3.25. The molecule has 1 atom stereocenters. The Labute approximate surface area is 179 Å². The lowest BCUT2D eigenvalue weighted by Crippen LogP contribution is -2.56. The Kier molecular flexibility index (Phi) is 5.49. The Balaban J connectivity index is 1.32. The number of hydrogen-bond donors (Lipinski definition) is 2. The first kappa shape index (κ1) is 20.6. The zero-order valence-electron chi connectivity index (χ0n) is 17.2. The minimum atomic E-state index is -1.06. The van der Waals surface area contributed by atoms with E-state index in [0.717, 1.165) is 5.69 Å². The van der Waals surface area contributed by atoms with Gasteiger partial charge in [-0.3, -0.25) is 9.69 Å². The van der Waals surface area contributed by atoms with Crippen LogP contribution in [0.25, 0.3) is 0 Å². The number of benzene rings is 1. The molecule has 3 aliphatic heterocycles. The lowest BCUT2D eigenvalue weighted by atomic mass is 10.1. The topological polar surface area (TPSA) is 117 Å². The van der Waals surface area contributed by atoms with Crippen LogP contribution in [0.3, 0.4) is 0 Å². The van der Waals surface area contributed by atoms with E-state index in [2.05, 4.69) is 0 Å². The van der Waals surface area contributed by atoms with Crippen molar-refractivity contribution in [1.82, 2.24) is 19.6 Å². The summed E-state index contributed by atoms with van der Waals surface area (Å²) in [5.74, 6) is 0.565. The van der Waals surface area contributed by atoms with E-state index in [-0.39, 0.29) is 32.1 Å². The van der Waals surface area contributed by atoms with Crippen molar-refractivity contribution >= 4 is 23.8 Å². The van der Waals surface area contributed by atoms with Crippen molar-refractivity contribution in [3.05, 3.63) is 36.2 Å². The molecule has 3 amide bonds. The number of nitrogens with zero attached hydrogens (tertiary/aromatic N) is 5. The third kappa shape index (κ3) is 4.16. The van der Waals surface area contributed by atoms with Crippen LogP contribution in [0.5, 0.6) is 5.75 Å². The van der Waals surface area contributed by atoms with Crippen LogP contribution in [-0.2, 0) is 4.79 Å². The molecule has 3 aliphatic rings. The van der Waals surface area contributed by atoms with Crippen LogP contribution in [0, 0.1) is 0 Å². The third-order valence-corrected chi connectivity index (χ3v) is 5.72. The molecule has 2 saturated heterocycles. The van der Waals surface area contributed by atoms with Crippen molar-refractivity contribution in [3.8, 4) is 5.75 Å². The number of ether oxygens (including phenoxy) is 1. The summed E-state index contributed by atoms with van der Waals surface area (Å²) < 4.78 is 5.75. The van der Waals surface area contributed by atoms with E-state index in [9.17, 15) is 24.6 Å². The molecular weight excluding hydrogens is 406 g/mol. The van der Waals surface area contributed by atoms with Gasteiger partial charge in [0.15, 0.2) is 0 Å². The Morgan fingerprint density at radius 2 is 1.84 bits per heavy atom. The summed E-state index contributed by atoms with van der Waals surface area (Å²) in [6.45, 7) is 1.88. The van der Waals surface area contributed by atoms with Crippen molar-refractivity contribution in [1.29, 1.82) is 0 Å². The molecule has 0 bridgehead atoms. The predicted octanol–water partition coefficient (Wildman–Crippen LogP) is 1.15. The third-order valence-electron chi connectivity index (χ3n) is 5.72. The highest BCUT2D eigenvalue weighted by Crippen LogP contribution is 2.29. The van der Waals surface area contributed by atoms with Gasteiger partial charge >= 0.3 is 12.2 Å². The number of anilines is 1. The van der Waals surface area contributed by atoms with E-state index in [0.29, 0.717) is 31.2 Å². The Hall–Kier alpha value is -3.63. The van der Waals surface area contributed by atoms with E-state index >= 15 is 0 Å². The maximum absolute atomic E-state index is 12.6. The molecular formula is C20H25N5O6. The fourth-order valence-electron chi connectivity index (χ4n) is 4.12. The molecule has 0 radical (unpaired) electrons. The lowest BCUT2D eigenvalue weighted by molar-refractivity contribution is -0.114. The van der Waals surface area contributed by atoms with Gasteiger partial charge in [0, 0.05) is 45.0 Å². The fourth-order valence-corrected chi connectivity index (χ4v) is 4.12. The highest BCUT2D eigenvalue weighted by atomic mass is 16.5. The SMILES string of the molecule is CN1C=C2C(=O)N(c3ccc(OCC[C@@H]4CN(C(=O)O)CCN4C(=O)O)cc3)CN2C1. The molecule has 1 aromatic carbocycles. The molecule has 1 aromatic rings. The molecule has 0 spiro atoms. The van der Waals surface area contributed by atoms with E-state index in [1.165, 1.54) is 9.80 Å². The van der Waals surface area contributed by atoms with Crippen LogP contribution in [0.15, 0.2) is 36.2 Å². The smallest absolute Gasteiger partial charge is 0.407 e. The zero-order valence-corrected chi connectivity index (χ0v) is 17.2. The first-order valence-electron chi connectivity index (χ1n) is 10.0. The molecule has 2 N–H and O–H groups in total. The van der Waals surface area contributed by atoms with Crippen molar-refractivity contribution < 1.29 is 29.3 Å². The molecule has 0 saturated carbocycles. The van der Waals surface area contributed by atoms with Gasteiger partial charge < -0.3 is 34.5 Å². The highest BCUT2D eigenvalue weighted by molar-refractivity contribution is 6.07. The summed E-state index contributed by atoms with van der Waals surface area (Å²) in [5.41, 5.74) is 1.46. The van der Waals surface area contributed by atoms with Gasteiger partial charge in [0.2, 0.25) is 0 Å². The second-order valence-electron chi connectivity index (χ2n) is 7.82. The molecule has 3 heterocycles. The van der Waals surface area contributed by atoms with Gasteiger partial charge in [-0.2, -0.15) is 0 Å². The highest BCUT2D eigenvalue weighted by Gasteiger charge is 2.37. The van der Waals surface area contributed by atoms with Crippen LogP contribution in [0.4, 0.5) is 15.3 Å². The van der Waals surface area contributed by atoms with Crippen molar-refractivity contribution in [2.75, 3.05) is 51.5 Å². The average molecular weight is 431 g/mol. The first-order valence-corrected chi connectivity index (χ1v) is 10.0. The van der Waals surface area contributed by atoms with Gasteiger partial charge in [0.05, 0.1) is 19.3 Å². The molecule has 166 valence electrons. The number of fused-ring (bicyclic) bond motifs is 1. The van der Waals surface area contributed by atoms with Crippen molar-refractivity contribution in [2.45, 2.75) is 12.5 Å². The Bertz CT molecular complexity index is 904. The van der Waals surface area contributed by atoms with E-state index in [1.54, 1.807) is 17.0 Å². The lowest BCUT2D eigenvalue weighted by Gasteiger charge is -2.38. The maximum atomic E-state index is 12.6. The van der Waals surface area contributed by atoms with Crippen LogP contribution in [0.2, 0.25) is 0 Å². The minimum Gasteiger partial charge on any atom is -0.494 e. The number of rotatable bonds is 5. The van der Waals surface area contributed by atoms with Gasteiger partial charge in [0.25, 0.3) is 5.91 Å². The molecule has 4 rings (SSSR count). The predicted molar refractivity (Wildman–Crippen MR) is 110 cm³/mol.